The summed E-state index contributed by atoms with van der Waals surface area (Å²) >= 11 is 0. The summed E-state index contributed by atoms with van der Waals surface area (Å²) in [6, 6.07) is -0.496. The Morgan fingerprint density at radius 1 is 1.26 bits per heavy atom. The molecule has 1 N–H and O–H groups in total. The first kappa shape index (κ1) is 15.8. The monoisotopic (exact) mass is 281 g/mol. The van der Waals surface area contributed by atoms with Crippen molar-refractivity contribution in [2.75, 3.05) is 6.54 Å². The maximum Gasteiger partial charge on any atom is 0.471 e. The first-order chi connectivity index (χ1) is 8.73. The fourth-order valence-electron chi connectivity index (χ4n) is 2.33. The van der Waals surface area contributed by atoms with Crippen LogP contribution in [0.5, 0.6) is 0 Å². The van der Waals surface area contributed by atoms with Gasteiger partial charge in [-0.25, -0.2) is 0 Å². The van der Waals surface area contributed by atoms with Gasteiger partial charge >= 0.3 is 18.1 Å². The molecule has 110 valence electrons. The molecule has 1 aliphatic carbocycles. The number of nitrogens with zero attached hydrogens (tertiary/aromatic N) is 1. The van der Waals surface area contributed by atoms with E-state index in [1.54, 1.807) is 0 Å². The van der Waals surface area contributed by atoms with Crippen molar-refractivity contribution in [2.45, 2.75) is 51.2 Å². The molecular formula is C12H18F3NO3. The van der Waals surface area contributed by atoms with Crippen molar-refractivity contribution in [1.29, 1.82) is 0 Å². The molecule has 0 aromatic heterocycles. The normalized spacial score (nSPS) is 18.9. The molecule has 1 unspecified atom stereocenters. The van der Waals surface area contributed by atoms with Gasteiger partial charge < -0.3 is 10.0 Å². The van der Waals surface area contributed by atoms with E-state index in [9.17, 15) is 22.8 Å². The van der Waals surface area contributed by atoms with Crippen molar-refractivity contribution in [3.05, 3.63) is 0 Å². The van der Waals surface area contributed by atoms with Gasteiger partial charge in [-0.05, 0) is 12.8 Å². The van der Waals surface area contributed by atoms with E-state index in [4.69, 9.17) is 5.11 Å². The number of carboxylic acids is 1. The van der Waals surface area contributed by atoms with Gasteiger partial charge in [-0.2, -0.15) is 13.2 Å². The number of hydrogen-bond donors (Lipinski definition) is 1. The van der Waals surface area contributed by atoms with E-state index >= 15 is 0 Å². The van der Waals surface area contributed by atoms with Crippen molar-refractivity contribution in [2.24, 2.45) is 5.92 Å². The van der Waals surface area contributed by atoms with Crippen LogP contribution in [-0.2, 0) is 9.59 Å². The summed E-state index contributed by atoms with van der Waals surface area (Å²) in [5.74, 6) is -4.13. The lowest BCUT2D eigenvalue weighted by Gasteiger charge is -2.35. The van der Waals surface area contributed by atoms with Gasteiger partial charge in [0, 0.05) is 12.6 Å². The quantitative estimate of drug-likeness (QED) is 0.861. The number of amides is 1. The molecule has 1 saturated carbocycles. The molecule has 0 aliphatic heterocycles. The molecule has 1 amide bonds. The van der Waals surface area contributed by atoms with Crippen LogP contribution < -0.4 is 0 Å². The first-order valence-corrected chi connectivity index (χ1v) is 6.34. The van der Waals surface area contributed by atoms with Gasteiger partial charge in [0.15, 0.2) is 0 Å². The van der Waals surface area contributed by atoms with E-state index in [1.807, 2.05) is 0 Å². The molecule has 4 nitrogen and oxygen atoms in total. The summed E-state index contributed by atoms with van der Waals surface area (Å²) in [4.78, 5) is 22.9. The zero-order valence-electron chi connectivity index (χ0n) is 10.7. The third kappa shape index (κ3) is 4.40. The number of halogens is 3. The molecule has 0 aromatic rings. The third-order valence-electron chi connectivity index (χ3n) is 3.41. The van der Waals surface area contributed by atoms with Gasteiger partial charge in [0.1, 0.15) is 0 Å². The van der Waals surface area contributed by atoms with E-state index in [0.717, 1.165) is 19.3 Å². The predicted molar refractivity (Wildman–Crippen MR) is 61.4 cm³/mol. The average Bonchev–Trinajstić information content (AvgIpc) is 2.34. The number of rotatable bonds is 4. The molecule has 0 saturated heterocycles. The Hall–Kier alpha value is -1.27. The molecule has 19 heavy (non-hydrogen) atoms. The molecule has 0 bridgehead atoms. The van der Waals surface area contributed by atoms with Crippen molar-refractivity contribution >= 4 is 11.9 Å². The standard InChI is InChI=1S/C12H18F3NO3/c1-8(10(17)18)7-16(11(19)12(13,14)15)9-5-3-2-4-6-9/h8-9H,2-7H2,1H3,(H,17,18). The van der Waals surface area contributed by atoms with Gasteiger partial charge in [0.2, 0.25) is 0 Å². The second-order valence-electron chi connectivity index (χ2n) is 4.99. The van der Waals surface area contributed by atoms with Crippen LogP contribution in [0.1, 0.15) is 39.0 Å². The van der Waals surface area contributed by atoms with E-state index in [-0.39, 0.29) is 0 Å². The maximum atomic E-state index is 12.6. The predicted octanol–water partition coefficient (Wildman–Crippen LogP) is 2.43. The highest BCUT2D eigenvalue weighted by atomic mass is 19.4. The fourth-order valence-corrected chi connectivity index (χ4v) is 2.33. The minimum Gasteiger partial charge on any atom is -0.481 e. The lowest BCUT2D eigenvalue weighted by atomic mass is 9.93. The third-order valence-corrected chi connectivity index (χ3v) is 3.41. The van der Waals surface area contributed by atoms with Gasteiger partial charge in [0.25, 0.3) is 0 Å². The number of alkyl halides is 3. The molecule has 1 atom stereocenters. The van der Waals surface area contributed by atoms with E-state index in [2.05, 4.69) is 0 Å². The highest BCUT2D eigenvalue weighted by molar-refractivity contribution is 5.82. The molecule has 0 radical (unpaired) electrons. The van der Waals surface area contributed by atoms with Gasteiger partial charge in [-0.15, -0.1) is 0 Å². The first-order valence-electron chi connectivity index (χ1n) is 6.34. The van der Waals surface area contributed by atoms with Crippen LogP contribution in [0.15, 0.2) is 0 Å². The Morgan fingerprint density at radius 3 is 2.21 bits per heavy atom. The minimum atomic E-state index is -4.95. The fraction of sp³-hybridized carbons (Fsp3) is 0.833. The van der Waals surface area contributed by atoms with Crippen LogP contribution >= 0.6 is 0 Å². The SMILES string of the molecule is CC(CN(C(=O)C(F)(F)F)C1CCCCC1)C(=O)O. The summed E-state index contributed by atoms with van der Waals surface area (Å²) in [5, 5.41) is 8.79. The summed E-state index contributed by atoms with van der Waals surface area (Å²) in [7, 11) is 0. The maximum absolute atomic E-state index is 12.6. The highest BCUT2D eigenvalue weighted by Gasteiger charge is 2.45. The number of carbonyl (C=O) groups excluding carboxylic acids is 1. The topological polar surface area (TPSA) is 57.6 Å². The van der Waals surface area contributed by atoms with Crippen LogP contribution in [0.4, 0.5) is 13.2 Å². The number of aliphatic carboxylic acids is 1. The molecular weight excluding hydrogens is 263 g/mol. The summed E-state index contributed by atoms with van der Waals surface area (Å²) in [6.45, 7) is 0.917. The Bertz CT molecular complexity index is 338. The lowest BCUT2D eigenvalue weighted by molar-refractivity contribution is -0.189. The van der Waals surface area contributed by atoms with Crippen LogP contribution in [-0.4, -0.2) is 40.6 Å². The highest BCUT2D eigenvalue weighted by Crippen LogP contribution is 2.28. The molecule has 0 heterocycles. The lowest BCUT2D eigenvalue weighted by Crippen LogP contribution is -2.50. The van der Waals surface area contributed by atoms with Crippen LogP contribution in [0.3, 0.4) is 0 Å². The second-order valence-corrected chi connectivity index (χ2v) is 4.99. The van der Waals surface area contributed by atoms with Crippen LogP contribution in [0.2, 0.25) is 0 Å². The van der Waals surface area contributed by atoms with Crippen molar-refractivity contribution in [3.63, 3.8) is 0 Å². The van der Waals surface area contributed by atoms with Crippen LogP contribution in [0, 0.1) is 5.92 Å². The molecule has 1 aliphatic rings. The number of hydrogen-bond acceptors (Lipinski definition) is 2. The zero-order valence-corrected chi connectivity index (χ0v) is 10.7. The molecule has 7 heteroatoms. The van der Waals surface area contributed by atoms with Crippen LogP contribution in [0.25, 0.3) is 0 Å². The molecule has 1 rings (SSSR count). The Balaban J connectivity index is 2.83. The Labute approximate surface area is 109 Å². The Morgan fingerprint density at radius 2 is 1.79 bits per heavy atom. The van der Waals surface area contributed by atoms with Gasteiger partial charge in [-0.1, -0.05) is 26.2 Å². The van der Waals surface area contributed by atoms with Gasteiger partial charge in [-0.3, -0.25) is 9.59 Å². The van der Waals surface area contributed by atoms with Crippen molar-refractivity contribution < 1.29 is 27.9 Å². The summed E-state index contributed by atoms with van der Waals surface area (Å²) in [6.07, 6.45) is -1.45. The van der Waals surface area contributed by atoms with E-state index < -0.39 is 36.6 Å². The molecule has 0 aromatic carbocycles. The largest absolute Gasteiger partial charge is 0.481 e. The minimum absolute atomic E-state index is 0.391. The summed E-state index contributed by atoms with van der Waals surface area (Å²) < 4.78 is 37.7. The second kappa shape index (κ2) is 6.25. The average molecular weight is 281 g/mol. The smallest absolute Gasteiger partial charge is 0.471 e. The summed E-state index contributed by atoms with van der Waals surface area (Å²) in [5.41, 5.74) is 0. The van der Waals surface area contributed by atoms with E-state index in [1.165, 1.54) is 6.92 Å². The van der Waals surface area contributed by atoms with Gasteiger partial charge in [0.05, 0.1) is 5.92 Å². The molecule has 0 spiro atoms. The molecule has 1 fully saturated rings. The number of carboxylic acid groups (broad SMARTS) is 1. The Kier molecular flexibility index (Phi) is 5.20. The van der Waals surface area contributed by atoms with E-state index in [0.29, 0.717) is 17.7 Å². The van der Waals surface area contributed by atoms with Crippen molar-refractivity contribution in [3.8, 4) is 0 Å². The van der Waals surface area contributed by atoms with Crippen molar-refractivity contribution in [1.82, 2.24) is 4.90 Å². The zero-order chi connectivity index (χ0) is 14.6. The number of carbonyl (C=O) groups is 2.